The molecule has 0 atom stereocenters. The number of nitrogens with zero attached hydrogens (tertiary/aromatic N) is 6. The van der Waals surface area contributed by atoms with Gasteiger partial charge in [-0.15, -0.1) is 0 Å². The summed E-state index contributed by atoms with van der Waals surface area (Å²) in [6, 6.07) is 0. The second-order valence-electron chi connectivity index (χ2n) is 5.90. The zero-order chi connectivity index (χ0) is 14.6. The van der Waals surface area contributed by atoms with Gasteiger partial charge >= 0.3 is 0 Å². The Morgan fingerprint density at radius 3 is 2.76 bits per heavy atom. The minimum Gasteiger partial charge on any atom is -0.382 e. The highest BCUT2D eigenvalue weighted by molar-refractivity contribution is 5.56. The Balaban J connectivity index is 1.72. The van der Waals surface area contributed by atoms with Gasteiger partial charge < -0.3 is 15.5 Å². The number of anilines is 2. The Labute approximate surface area is 123 Å². The van der Waals surface area contributed by atoms with Crippen molar-refractivity contribution < 1.29 is 0 Å². The van der Waals surface area contributed by atoms with Gasteiger partial charge in [0.15, 0.2) is 5.82 Å². The van der Waals surface area contributed by atoms with Gasteiger partial charge in [-0.2, -0.15) is 5.10 Å². The Morgan fingerprint density at radius 2 is 1.95 bits per heavy atom. The molecule has 2 aliphatic rings. The molecule has 0 bridgehead atoms. The van der Waals surface area contributed by atoms with Gasteiger partial charge in [-0.05, 0) is 7.05 Å². The van der Waals surface area contributed by atoms with E-state index in [1.54, 1.807) is 6.33 Å². The SMILES string of the molecule is CN1CCc2ncnc(N3Cc4c(N)nn(C)c4C3)c2C1. The van der Waals surface area contributed by atoms with Gasteiger partial charge in [-0.25, -0.2) is 9.97 Å². The fraction of sp³-hybridized carbons (Fsp3) is 0.500. The molecule has 0 unspecified atom stereocenters. The Bertz CT molecular complexity index is 679. The third-order valence-corrected chi connectivity index (χ3v) is 4.47. The molecule has 2 aliphatic heterocycles. The predicted octanol–water partition coefficient (Wildman–Crippen LogP) is 0.300. The van der Waals surface area contributed by atoms with Crippen LogP contribution < -0.4 is 10.6 Å². The number of hydrogen-bond acceptors (Lipinski definition) is 6. The minimum atomic E-state index is 0.634. The second kappa shape index (κ2) is 4.42. The number of rotatable bonds is 1. The largest absolute Gasteiger partial charge is 0.382 e. The van der Waals surface area contributed by atoms with Crippen molar-refractivity contribution in [1.29, 1.82) is 0 Å². The summed E-state index contributed by atoms with van der Waals surface area (Å²) < 4.78 is 1.88. The smallest absolute Gasteiger partial charge is 0.150 e. The summed E-state index contributed by atoms with van der Waals surface area (Å²) in [5.41, 5.74) is 10.7. The predicted molar refractivity (Wildman–Crippen MR) is 79.6 cm³/mol. The molecule has 7 nitrogen and oxygen atoms in total. The number of nitrogens with two attached hydrogens (primary N) is 1. The summed E-state index contributed by atoms with van der Waals surface area (Å²) in [7, 11) is 4.09. The first kappa shape index (κ1) is 12.6. The maximum Gasteiger partial charge on any atom is 0.150 e. The lowest BCUT2D eigenvalue weighted by Crippen LogP contribution is -2.30. The summed E-state index contributed by atoms with van der Waals surface area (Å²) in [4.78, 5) is 13.6. The molecule has 0 aromatic carbocycles. The maximum absolute atomic E-state index is 5.99. The Kier molecular flexibility index (Phi) is 2.65. The summed E-state index contributed by atoms with van der Waals surface area (Å²) >= 11 is 0. The highest BCUT2D eigenvalue weighted by atomic mass is 15.3. The van der Waals surface area contributed by atoms with Crippen molar-refractivity contribution in [2.75, 3.05) is 24.2 Å². The van der Waals surface area contributed by atoms with Crippen molar-refractivity contribution in [2.45, 2.75) is 26.1 Å². The van der Waals surface area contributed by atoms with Crippen LogP contribution in [0.5, 0.6) is 0 Å². The fourth-order valence-corrected chi connectivity index (χ4v) is 3.31. The van der Waals surface area contributed by atoms with Crippen molar-refractivity contribution in [3.8, 4) is 0 Å². The molecular weight excluding hydrogens is 266 g/mol. The number of aryl methyl sites for hydroxylation is 1. The van der Waals surface area contributed by atoms with Gasteiger partial charge in [0.25, 0.3) is 0 Å². The summed E-state index contributed by atoms with van der Waals surface area (Å²) in [5, 5.41) is 4.29. The van der Waals surface area contributed by atoms with E-state index in [9.17, 15) is 0 Å². The zero-order valence-corrected chi connectivity index (χ0v) is 12.4. The van der Waals surface area contributed by atoms with Crippen LogP contribution in [-0.2, 0) is 33.1 Å². The molecule has 21 heavy (non-hydrogen) atoms. The van der Waals surface area contributed by atoms with Crippen LogP contribution in [0.1, 0.15) is 22.5 Å². The first-order valence-electron chi connectivity index (χ1n) is 7.20. The van der Waals surface area contributed by atoms with Crippen LogP contribution in [0, 0.1) is 0 Å². The van der Waals surface area contributed by atoms with Gasteiger partial charge in [0.2, 0.25) is 0 Å². The van der Waals surface area contributed by atoms with Crippen molar-refractivity contribution in [3.63, 3.8) is 0 Å². The molecule has 2 aromatic rings. The van der Waals surface area contributed by atoms with Crippen molar-refractivity contribution in [1.82, 2.24) is 24.6 Å². The van der Waals surface area contributed by atoms with E-state index in [2.05, 4.69) is 31.9 Å². The Morgan fingerprint density at radius 1 is 1.10 bits per heavy atom. The van der Waals surface area contributed by atoms with Crippen molar-refractivity contribution in [2.24, 2.45) is 7.05 Å². The maximum atomic E-state index is 5.99. The number of hydrogen-bond donors (Lipinski definition) is 1. The van der Waals surface area contributed by atoms with Gasteiger partial charge in [0.05, 0.1) is 24.5 Å². The van der Waals surface area contributed by atoms with E-state index in [1.165, 1.54) is 17.0 Å². The van der Waals surface area contributed by atoms with E-state index in [-0.39, 0.29) is 0 Å². The molecule has 0 fully saturated rings. The van der Waals surface area contributed by atoms with Crippen molar-refractivity contribution >= 4 is 11.6 Å². The monoisotopic (exact) mass is 285 g/mol. The van der Waals surface area contributed by atoms with Crippen LogP contribution in [0.3, 0.4) is 0 Å². The third-order valence-electron chi connectivity index (χ3n) is 4.47. The lowest BCUT2D eigenvalue weighted by atomic mass is 10.1. The molecule has 0 aliphatic carbocycles. The van der Waals surface area contributed by atoms with E-state index < -0.39 is 0 Å². The lowest BCUT2D eigenvalue weighted by Gasteiger charge is -2.28. The Hall–Kier alpha value is -2.15. The number of likely N-dealkylation sites (N-methyl/N-ethyl adjacent to an activating group) is 1. The van der Waals surface area contributed by atoms with E-state index in [0.29, 0.717) is 5.82 Å². The fourth-order valence-electron chi connectivity index (χ4n) is 3.31. The molecule has 110 valence electrons. The van der Waals surface area contributed by atoms with Gasteiger partial charge in [-0.1, -0.05) is 0 Å². The van der Waals surface area contributed by atoms with Gasteiger partial charge in [0, 0.05) is 37.7 Å². The normalized spacial score (nSPS) is 17.9. The molecule has 2 aromatic heterocycles. The van der Waals surface area contributed by atoms with E-state index in [1.807, 2.05) is 11.7 Å². The molecule has 0 spiro atoms. The highest BCUT2D eigenvalue weighted by Crippen LogP contribution is 2.33. The van der Waals surface area contributed by atoms with Crippen LogP contribution >= 0.6 is 0 Å². The second-order valence-corrected chi connectivity index (χ2v) is 5.90. The van der Waals surface area contributed by atoms with Crippen LogP contribution in [0.15, 0.2) is 6.33 Å². The molecular formula is C14H19N7. The molecule has 2 N–H and O–H groups in total. The summed E-state index contributed by atoms with van der Waals surface area (Å²) in [5.74, 6) is 1.68. The van der Waals surface area contributed by atoms with E-state index in [0.717, 1.165) is 44.0 Å². The molecule has 0 amide bonds. The van der Waals surface area contributed by atoms with Gasteiger partial charge in [-0.3, -0.25) is 4.68 Å². The van der Waals surface area contributed by atoms with Crippen LogP contribution in [0.2, 0.25) is 0 Å². The average Bonchev–Trinajstić information content (AvgIpc) is 3.01. The van der Waals surface area contributed by atoms with Crippen LogP contribution in [-0.4, -0.2) is 38.2 Å². The quantitative estimate of drug-likeness (QED) is 0.812. The van der Waals surface area contributed by atoms with E-state index >= 15 is 0 Å². The first-order chi connectivity index (χ1) is 10.1. The van der Waals surface area contributed by atoms with Crippen molar-refractivity contribution in [3.05, 3.63) is 28.8 Å². The molecule has 0 saturated carbocycles. The molecule has 7 heteroatoms. The van der Waals surface area contributed by atoms with E-state index in [4.69, 9.17) is 5.73 Å². The third kappa shape index (κ3) is 1.88. The zero-order valence-electron chi connectivity index (χ0n) is 12.4. The van der Waals surface area contributed by atoms with Crippen LogP contribution in [0.4, 0.5) is 11.6 Å². The number of fused-ring (bicyclic) bond motifs is 2. The minimum absolute atomic E-state index is 0.634. The molecule has 0 saturated heterocycles. The molecule has 0 radical (unpaired) electrons. The lowest BCUT2D eigenvalue weighted by molar-refractivity contribution is 0.309. The van der Waals surface area contributed by atoms with Gasteiger partial charge in [0.1, 0.15) is 12.1 Å². The first-order valence-corrected chi connectivity index (χ1v) is 7.20. The number of nitrogen functional groups attached to an aromatic ring is 1. The summed E-state index contributed by atoms with van der Waals surface area (Å²) in [6.07, 6.45) is 2.68. The standard InChI is InChI=1S/C14H19N7/c1-19-4-3-11-9(5-19)14(17-8-16-11)21-6-10-12(7-21)20(2)18-13(10)15/h8H,3-7H2,1-2H3,(H2,15,18). The number of aromatic nitrogens is 4. The summed E-state index contributed by atoms with van der Waals surface area (Å²) in [6.45, 7) is 3.55. The average molecular weight is 285 g/mol. The highest BCUT2D eigenvalue weighted by Gasteiger charge is 2.30. The molecule has 4 rings (SSSR count). The molecule has 4 heterocycles. The van der Waals surface area contributed by atoms with Crippen LogP contribution in [0.25, 0.3) is 0 Å². The topological polar surface area (TPSA) is 76.1 Å².